The Balaban J connectivity index is 2.21. The van der Waals surface area contributed by atoms with Gasteiger partial charge in [0.2, 0.25) is 5.28 Å². The van der Waals surface area contributed by atoms with Crippen molar-refractivity contribution < 1.29 is 4.39 Å². The predicted octanol–water partition coefficient (Wildman–Crippen LogP) is 1.41. The number of hydrogen-bond acceptors (Lipinski definition) is 4. The van der Waals surface area contributed by atoms with Crippen molar-refractivity contribution in [2.24, 2.45) is 0 Å². The average Bonchev–Trinajstić information content (AvgIpc) is 2.26. The molecule has 1 atom stereocenters. The molecule has 2 heterocycles. The highest BCUT2D eigenvalue weighted by molar-refractivity contribution is 6.28. The molecule has 2 rings (SSSR count). The quantitative estimate of drug-likeness (QED) is 0.700. The van der Waals surface area contributed by atoms with Gasteiger partial charge in [-0.15, -0.1) is 0 Å². The Morgan fingerprint density at radius 1 is 1.50 bits per heavy atom. The van der Waals surface area contributed by atoms with E-state index in [1.165, 1.54) is 0 Å². The molecule has 4 nitrogen and oxygen atoms in total. The molecule has 1 aliphatic heterocycles. The van der Waals surface area contributed by atoms with Crippen LogP contribution in [0.15, 0.2) is 6.20 Å². The molecular formula is C10H14ClFN4. The van der Waals surface area contributed by atoms with Crippen LogP contribution in [0.5, 0.6) is 0 Å². The van der Waals surface area contributed by atoms with Crippen molar-refractivity contribution in [1.82, 2.24) is 14.9 Å². The van der Waals surface area contributed by atoms with Gasteiger partial charge in [-0.25, -0.2) is 9.37 Å². The maximum absolute atomic E-state index is 13.5. The Bertz CT molecular complexity index is 387. The molecule has 6 heteroatoms. The smallest absolute Gasteiger partial charge is 0.224 e. The van der Waals surface area contributed by atoms with Crippen molar-refractivity contribution >= 4 is 17.4 Å². The van der Waals surface area contributed by atoms with Gasteiger partial charge in [-0.2, -0.15) is 4.98 Å². The zero-order valence-corrected chi connectivity index (χ0v) is 10.1. The van der Waals surface area contributed by atoms with Crippen molar-refractivity contribution in [3.63, 3.8) is 0 Å². The first-order valence-corrected chi connectivity index (χ1v) is 5.59. The van der Waals surface area contributed by atoms with Gasteiger partial charge in [0.05, 0.1) is 6.20 Å². The van der Waals surface area contributed by atoms with E-state index in [1.54, 1.807) is 0 Å². The summed E-state index contributed by atoms with van der Waals surface area (Å²) < 4.78 is 13.5. The Hall–Kier alpha value is -0.940. The molecule has 0 radical (unpaired) electrons. The van der Waals surface area contributed by atoms with E-state index in [-0.39, 0.29) is 5.28 Å². The lowest BCUT2D eigenvalue weighted by Gasteiger charge is -2.38. The topological polar surface area (TPSA) is 32.3 Å². The van der Waals surface area contributed by atoms with E-state index >= 15 is 0 Å². The lowest BCUT2D eigenvalue weighted by molar-refractivity contribution is 0.232. The summed E-state index contributed by atoms with van der Waals surface area (Å²) in [5.41, 5.74) is 0. The molecule has 1 aromatic heterocycles. The van der Waals surface area contributed by atoms with Crippen molar-refractivity contribution in [2.45, 2.75) is 13.0 Å². The summed E-state index contributed by atoms with van der Waals surface area (Å²) in [6.07, 6.45) is 1.12. The van der Waals surface area contributed by atoms with E-state index in [1.807, 2.05) is 4.90 Å². The second-order valence-corrected chi connectivity index (χ2v) is 4.42. The minimum atomic E-state index is -0.416. The van der Waals surface area contributed by atoms with Gasteiger partial charge in [0.15, 0.2) is 11.6 Å². The molecule has 0 aromatic carbocycles. The van der Waals surface area contributed by atoms with E-state index in [9.17, 15) is 4.39 Å². The van der Waals surface area contributed by atoms with Crippen LogP contribution < -0.4 is 4.90 Å². The summed E-state index contributed by atoms with van der Waals surface area (Å²) in [6.45, 7) is 4.50. The number of anilines is 1. The molecular weight excluding hydrogens is 231 g/mol. The van der Waals surface area contributed by atoms with Crippen molar-refractivity contribution in [2.75, 3.05) is 31.6 Å². The lowest BCUT2D eigenvalue weighted by Crippen LogP contribution is -2.50. The van der Waals surface area contributed by atoms with E-state index in [0.717, 1.165) is 25.8 Å². The number of nitrogens with zero attached hydrogens (tertiary/aromatic N) is 4. The Labute approximate surface area is 99.0 Å². The summed E-state index contributed by atoms with van der Waals surface area (Å²) in [5.74, 6) is -0.110. The summed E-state index contributed by atoms with van der Waals surface area (Å²) in [6, 6.07) is 0.377. The normalized spacial score (nSPS) is 22.5. The number of hydrogen-bond donors (Lipinski definition) is 0. The molecule has 0 amide bonds. The Morgan fingerprint density at radius 2 is 2.25 bits per heavy atom. The molecule has 0 N–H and O–H groups in total. The van der Waals surface area contributed by atoms with Gasteiger partial charge >= 0.3 is 0 Å². The van der Waals surface area contributed by atoms with Gasteiger partial charge in [0, 0.05) is 25.7 Å². The van der Waals surface area contributed by atoms with Crippen LogP contribution in [0.1, 0.15) is 6.92 Å². The monoisotopic (exact) mass is 244 g/mol. The zero-order valence-electron chi connectivity index (χ0n) is 9.32. The minimum absolute atomic E-state index is 0.0861. The number of piperazine rings is 1. The summed E-state index contributed by atoms with van der Waals surface area (Å²) >= 11 is 5.68. The molecule has 0 bridgehead atoms. The third-order valence-electron chi connectivity index (χ3n) is 2.96. The third-order valence-corrected chi connectivity index (χ3v) is 3.14. The van der Waals surface area contributed by atoms with Crippen molar-refractivity contribution in [1.29, 1.82) is 0 Å². The highest BCUT2D eigenvalue weighted by atomic mass is 35.5. The van der Waals surface area contributed by atoms with Gasteiger partial charge in [0.25, 0.3) is 0 Å². The van der Waals surface area contributed by atoms with Crippen LogP contribution in [0.3, 0.4) is 0 Å². The molecule has 0 aliphatic carbocycles. The van der Waals surface area contributed by atoms with Crippen LogP contribution in [-0.2, 0) is 0 Å². The number of halogens is 2. The maximum atomic E-state index is 13.5. The van der Waals surface area contributed by atoms with Crippen LogP contribution in [0.4, 0.5) is 10.2 Å². The van der Waals surface area contributed by atoms with Gasteiger partial charge in [-0.05, 0) is 25.6 Å². The standard InChI is InChI=1S/C10H14ClFN4/c1-7-6-16(4-3-15(7)2)9-8(12)5-13-10(11)14-9/h5,7H,3-4,6H2,1-2H3. The summed E-state index contributed by atoms with van der Waals surface area (Å²) in [7, 11) is 2.06. The molecule has 1 saturated heterocycles. The molecule has 1 aromatic rings. The first-order valence-electron chi connectivity index (χ1n) is 5.21. The average molecular weight is 245 g/mol. The highest BCUT2D eigenvalue weighted by Crippen LogP contribution is 2.20. The molecule has 0 saturated carbocycles. The second kappa shape index (κ2) is 4.51. The van der Waals surface area contributed by atoms with E-state index in [4.69, 9.17) is 11.6 Å². The molecule has 88 valence electrons. The van der Waals surface area contributed by atoms with Crippen LogP contribution in [0.2, 0.25) is 5.28 Å². The fourth-order valence-electron chi connectivity index (χ4n) is 1.80. The fraction of sp³-hybridized carbons (Fsp3) is 0.600. The van der Waals surface area contributed by atoms with Crippen LogP contribution in [0, 0.1) is 5.82 Å². The Morgan fingerprint density at radius 3 is 2.94 bits per heavy atom. The summed E-state index contributed by atoms with van der Waals surface area (Å²) in [5, 5.41) is 0.0861. The Kier molecular flexibility index (Phi) is 3.25. The minimum Gasteiger partial charge on any atom is -0.351 e. The maximum Gasteiger partial charge on any atom is 0.224 e. The van der Waals surface area contributed by atoms with Crippen LogP contribution in [-0.4, -0.2) is 47.6 Å². The fourth-order valence-corrected chi connectivity index (χ4v) is 1.93. The zero-order chi connectivity index (χ0) is 11.7. The number of rotatable bonds is 1. The third kappa shape index (κ3) is 2.25. The van der Waals surface area contributed by atoms with E-state index in [0.29, 0.717) is 11.9 Å². The van der Waals surface area contributed by atoms with Crippen LogP contribution >= 0.6 is 11.6 Å². The highest BCUT2D eigenvalue weighted by Gasteiger charge is 2.23. The van der Waals surface area contributed by atoms with Gasteiger partial charge in [-0.1, -0.05) is 0 Å². The second-order valence-electron chi connectivity index (χ2n) is 4.09. The van der Waals surface area contributed by atoms with E-state index in [2.05, 4.69) is 28.8 Å². The SMILES string of the molecule is CC1CN(c2nc(Cl)ncc2F)CCN1C. The molecule has 1 aliphatic rings. The molecule has 1 fully saturated rings. The number of aromatic nitrogens is 2. The van der Waals surface area contributed by atoms with Crippen molar-refractivity contribution in [3.8, 4) is 0 Å². The first-order chi connectivity index (χ1) is 7.58. The molecule has 0 spiro atoms. The van der Waals surface area contributed by atoms with Crippen LogP contribution in [0.25, 0.3) is 0 Å². The molecule has 16 heavy (non-hydrogen) atoms. The van der Waals surface area contributed by atoms with Gasteiger partial charge in [0.1, 0.15) is 0 Å². The van der Waals surface area contributed by atoms with E-state index < -0.39 is 5.82 Å². The summed E-state index contributed by atoms with van der Waals surface area (Å²) in [4.78, 5) is 11.7. The predicted molar refractivity (Wildman–Crippen MR) is 61.3 cm³/mol. The van der Waals surface area contributed by atoms with Gasteiger partial charge < -0.3 is 9.80 Å². The molecule has 1 unspecified atom stereocenters. The largest absolute Gasteiger partial charge is 0.351 e. The van der Waals surface area contributed by atoms with Gasteiger partial charge in [-0.3, -0.25) is 0 Å². The number of likely N-dealkylation sites (N-methyl/N-ethyl adjacent to an activating group) is 1. The lowest BCUT2D eigenvalue weighted by atomic mass is 10.2. The first kappa shape index (κ1) is 11.5. The van der Waals surface area contributed by atoms with Crippen molar-refractivity contribution in [3.05, 3.63) is 17.3 Å².